The molecule has 1 aromatic carbocycles. The quantitative estimate of drug-likeness (QED) is 0.807. The molecule has 1 heterocycles. The fourth-order valence-corrected chi connectivity index (χ4v) is 2.86. The number of anilines is 1. The van der Waals surface area contributed by atoms with Gasteiger partial charge in [-0.1, -0.05) is 32.0 Å². The molecule has 1 aliphatic rings. The van der Waals surface area contributed by atoms with Crippen LogP contribution < -0.4 is 4.90 Å². The highest BCUT2D eigenvalue weighted by Gasteiger charge is 2.47. The number of rotatable bonds is 1. The summed E-state index contributed by atoms with van der Waals surface area (Å²) < 4.78 is 0. The van der Waals surface area contributed by atoms with Gasteiger partial charge in [-0.2, -0.15) is 0 Å². The van der Waals surface area contributed by atoms with E-state index >= 15 is 0 Å². The van der Waals surface area contributed by atoms with Gasteiger partial charge in [-0.15, -0.1) is 0 Å². The van der Waals surface area contributed by atoms with Gasteiger partial charge in [0.15, 0.2) is 0 Å². The van der Waals surface area contributed by atoms with Crippen LogP contribution in [0.4, 0.5) is 5.69 Å². The van der Waals surface area contributed by atoms with Crippen LogP contribution in [0.15, 0.2) is 24.3 Å². The molecule has 0 aliphatic carbocycles. The Morgan fingerprint density at radius 2 is 1.94 bits per heavy atom. The van der Waals surface area contributed by atoms with Crippen molar-refractivity contribution in [1.82, 2.24) is 0 Å². The van der Waals surface area contributed by atoms with Gasteiger partial charge in [0.25, 0.3) is 0 Å². The molecule has 3 nitrogen and oxygen atoms in total. The van der Waals surface area contributed by atoms with Crippen LogP contribution in [0.5, 0.6) is 0 Å². The number of aliphatic hydroxyl groups is 1. The first-order valence-corrected chi connectivity index (χ1v) is 5.96. The van der Waals surface area contributed by atoms with Crippen LogP contribution in [-0.4, -0.2) is 18.1 Å². The van der Waals surface area contributed by atoms with E-state index in [1.54, 1.807) is 18.9 Å². The number of fused-ring (bicyclic) bond motifs is 1. The summed E-state index contributed by atoms with van der Waals surface area (Å²) in [5.74, 6) is -0.292. The second-order valence-electron chi connectivity index (χ2n) is 5.28. The number of benzene rings is 1. The van der Waals surface area contributed by atoms with Crippen molar-refractivity contribution >= 4 is 11.6 Å². The van der Waals surface area contributed by atoms with Gasteiger partial charge in [0.05, 0.1) is 5.92 Å². The molecule has 0 unspecified atom stereocenters. The van der Waals surface area contributed by atoms with Gasteiger partial charge >= 0.3 is 0 Å². The number of para-hydroxylation sites is 1. The SMILES string of the molecule is CC(C)[C@H]1C(=O)N(C)c2ccccc2[C@]1(C)O. The molecule has 1 N–H and O–H groups in total. The summed E-state index contributed by atoms with van der Waals surface area (Å²) in [6, 6.07) is 7.55. The van der Waals surface area contributed by atoms with E-state index in [2.05, 4.69) is 0 Å². The molecule has 17 heavy (non-hydrogen) atoms. The van der Waals surface area contributed by atoms with Crippen molar-refractivity contribution in [1.29, 1.82) is 0 Å². The molecule has 0 saturated heterocycles. The van der Waals surface area contributed by atoms with Crippen LogP contribution in [0.3, 0.4) is 0 Å². The number of carbonyl (C=O) groups is 1. The normalized spacial score (nSPS) is 28.5. The van der Waals surface area contributed by atoms with E-state index in [1.807, 2.05) is 38.1 Å². The summed E-state index contributed by atoms with van der Waals surface area (Å²) in [4.78, 5) is 14.0. The van der Waals surface area contributed by atoms with Gasteiger partial charge in [0.1, 0.15) is 5.60 Å². The molecule has 0 saturated carbocycles. The van der Waals surface area contributed by atoms with Crippen molar-refractivity contribution in [3.05, 3.63) is 29.8 Å². The van der Waals surface area contributed by atoms with Crippen molar-refractivity contribution in [3.8, 4) is 0 Å². The first-order chi connectivity index (χ1) is 7.87. The molecule has 0 aromatic heterocycles. The predicted molar refractivity (Wildman–Crippen MR) is 67.8 cm³/mol. The highest BCUT2D eigenvalue weighted by molar-refractivity contribution is 5.99. The van der Waals surface area contributed by atoms with Crippen LogP contribution in [0.25, 0.3) is 0 Å². The first kappa shape index (κ1) is 12.1. The average Bonchev–Trinajstić information content (AvgIpc) is 2.25. The average molecular weight is 233 g/mol. The molecule has 92 valence electrons. The maximum atomic E-state index is 12.3. The van der Waals surface area contributed by atoms with E-state index in [-0.39, 0.29) is 17.7 Å². The molecule has 3 heteroatoms. The van der Waals surface area contributed by atoms with Crippen LogP contribution in [0, 0.1) is 11.8 Å². The molecular formula is C14H19NO2. The van der Waals surface area contributed by atoms with Crippen molar-refractivity contribution in [3.63, 3.8) is 0 Å². The third kappa shape index (κ3) is 1.65. The molecular weight excluding hydrogens is 214 g/mol. The number of hydrogen-bond acceptors (Lipinski definition) is 2. The molecule has 2 atom stereocenters. The predicted octanol–water partition coefficient (Wildman–Crippen LogP) is 2.14. The molecule has 2 rings (SSSR count). The van der Waals surface area contributed by atoms with Gasteiger partial charge in [0.2, 0.25) is 5.91 Å². The number of hydrogen-bond donors (Lipinski definition) is 1. The van der Waals surface area contributed by atoms with Gasteiger partial charge < -0.3 is 10.0 Å². The zero-order valence-corrected chi connectivity index (χ0v) is 10.8. The van der Waals surface area contributed by atoms with E-state index < -0.39 is 5.60 Å². The lowest BCUT2D eigenvalue weighted by Crippen LogP contribution is -2.51. The van der Waals surface area contributed by atoms with E-state index in [9.17, 15) is 9.90 Å². The monoisotopic (exact) mass is 233 g/mol. The summed E-state index contributed by atoms with van der Waals surface area (Å²) in [7, 11) is 1.77. The fraction of sp³-hybridized carbons (Fsp3) is 0.500. The molecule has 0 fully saturated rings. The zero-order chi connectivity index (χ0) is 12.8. The fourth-order valence-electron chi connectivity index (χ4n) is 2.86. The van der Waals surface area contributed by atoms with Crippen molar-refractivity contribution in [2.45, 2.75) is 26.4 Å². The number of carbonyl (C=O) groups excluding carboxylic acids is 1. The van der Waals surface area contributed by atoms with Crippen LogP contribution in [0.1, 0.15) is 26.3 Å². The lowest BCUT2D eigenvalue weighted by Gasteiger charge is -2.43. The maximum absolute atomic E-state index is 12.3. The van der Waals surface area contributed by atoms with Crippen LogP contribution >= 0.6 is 0 Å². The van der Waals surface area contributed by atoms with Gasteiger partial charge in [-0.05, 0) is 18.9 Å². The minimum atomic E-state index is -1.09. The van der Waals surface area contributed by atoms with Crippen molar-refractivity contribution < 1.29 is 9.90 Å². The van der Waals surface area contributed by atoms with E-state index in [0.717, 1.165) is 11.3 Å². The summed E-state index contributed by atoms with van der Waals surface area (Å²) in [6.45, 7) is 5.68. The lowest BCUT2D eigenvalue weighted by atomic mass is 9.72. The molecule has 0 bridgehead atoms. The second kappa shape index (κ2) is 3.84. The summed E-state index contributed by atoms with van der Waals surface area (Å²) in [5, 5.41) is 10.7. The minimum Gasteiger partial charge on any atom is -0.385 e. The largest absolute Gasteiger partial charge is 0.385 e. The Hall–Kier alpha value is -1.35. The maximum Gasteiger partial charge on any atom is 0.233 e. The van der Waals surface area contributed by atoms with Gasteiger partial charge in [-0.25, -0.2) is 0 Å². The highest BCUT2D eigenvalue weighted by atomic mass is 16.3. The van der Waals surface area contributed by atoms with Gasteiger partial charge in [-0.3, -0.25) is 4.79 Å². The summed E-state index contributed by atoms with van der Waals surface area (Å²) in [6.07, 6.45) is 0. The summed E-state index contributed by atoms with van der Waals surface area (Å²) >= 11 is 0. The smallest absolute Gasteiger partial charge is 0.233 e. The third-order valence-corrected chi connectivity index (χ3v) is 3.68. The van der Waals surface area contributed by atoms with E-state index in [0.29, 0.717) is 0 Å². The molecule has 1 amide bonds. The molecule has 1 aromatic rings. The minimum absolute atomic E-state index is 0.0105. The second-order valence-corrected chi connectivity index (χ2v) is 5.28. The Labute approximate surface area is 102 Å². The first-order valence-electron chi connectivity index (χ1n) is 5.96. The van der Waals surface area contributed by atoms with E-state index in [1.165, 1.54) is 0 Å². The van der Waals surface area contributed by atoms with E-state index in [4.69, 9.17) is 0 Å². The highest BCUT2D eigenvalue weighted by Crippen LogP contribution is 2.44. The molecule has 0 spiro atoms. The van der Waals surface area contributed by atoms with Crippen molar-refractivity contribution in [2.24, 2.45) is 11.8 Å². The Bertz CT molecular complexity index is 451. The topological polar surface area (TPSA) is 40.5 Å². The lowest BCUT2D eigenvalue weighted by molar-refractivity contribution is -0.136. The number of amides is 1. The number of nitrogens with zero attached hydrogens (tertiary/aromatic N) is 1. The summed E-state index contributed by atoms with van der Waals surface area (Å²) in [5.41, 5.74) is 0.550. The Morgan fingerprint density at radius 1 is 1.35 bits per heavy atom. The molecule has 1 aliphatic heterocycles. The Balaban J connectivity index is 2.63. The Morgan fingerprint density at radius 3 is 2.53 bits per heavy atom. The standard InChI is InChI=1S/C14H19NO2/c1-9(2)12-13(16)15(4)11-8-6-5-7-10(11)14(12,3)17/h5-9,12,17H,1-4H3/t12-,14-/m0/s1. The van der Waals surface area contributed by atoms with Crippen LogP contribution in [-0.2, 0) is 10.4 Å². The Kier molecular flexibility index (Phi) is 2.74. The van der Waals surface area contributed by atoms with Crippen molar-refractivity contribution in [2.75, 3.05) is 11.9 Å². The molecule has 0 radical (unpaired) electrons. The zero-order valence-electron chi connectivity index (χ0n) is 10.8. The third-order valence-electron chi connectivity index (χ3n) is 3.68. The van der Waals surface area contributed by atoms with Gasteiger partial charge in [0, 0.05) is 18.3 Å². The van der Waals surface area contributed by atoms with Crippen LogP contribution in [0.2, 0.25) is 0 Å².